The third kappa shape index (κ3) is 3.50. The third-order valence-corrected chi connectivity index (χ3v) is 5.91. The van der Waals surface area contributed by atoms with E-state index >= 15 is 0 Å². The van der Waals surface area contributed by atoms with E-state index < -0.39 is 0 Å². The van der Waals surface area contributed by atoms with Crippen molar-refractivity contribution in [3.05, 3.63) is 23.6 Å². The lowest BCUT2D eigenvalue weighted by atomic mass is 9.50. The molecule has 132 valence electrons. The number of hydrogen-bond acceptors (Lipinski definition) is 3. The van der Waals surface area contributed by atoms with Crippen LogP contribution in [0.15, 0.2) is 12.2 Å². The van der Waals surface area contributed by atoms with E-state index in [1.807, 2.05) is 11.0 Å². The van der Waals surface area contributed by atoms with Crippen LogP contribution in [-0.4, -0.2) is 65.6 Å². The van der Waals surface area contributed by atoms with Gasteiger partial charge in [-0.1, -0.05) is 6.08 Å². The van der Waals surface area contributed by atoms with Gasteiger partial charge in [-0.05, 0) is 46.0 Å². The van der Waals surface area contributed by atoms with Crippen LogP contribution in [0.2, 0.25) is 0 Å². The summed E-state index contributed by atoms with van der Waals surface area (Å²) in [5, 5.41) is 3.57. The zero-order valence-corrected chi connectivity index (χ0v) is 15.2. The van der Waals surface area contributed by atoms with Gasteiger partial charge in [0, 0.05) is 43.3 Å². The first-order valence-corrected chi connectivity index (χ1v) is 9.13. The summed E-state index contributed by atoms with van der Waals surface area (Å²) < 4.78 is 0. The largest absolute Gasteiger partial charge is 0.326 e. The summed E-state index contributed by atoms with van der Waals surface area (Å²) in [5.74, 6) is 1.02. The summed E-state index contributed by atoms with van der Waals surface area (Å²) in [6.07, 6.45) is 7.60. The maximum atomic E-state index is 12.5. The van der Waals surface area contributed by atoms with Crippen molar-refractivity contribution in [1.29, 1.82) is 0 Å². The second-order valence-electron chi connectivity index (χ2n) is 8.68. The van der Waals surface area contributed by atoms with Crippen molar-refractivity contribution >= 4 is 5.91 Å². The van der Waals surface area contributed by atoms with Crippen LogP contribution >= 0.6 is 0 Å². The van der Waals surface area contributed by atoms with Crippen LogP contribution in [-0.2, 0) is 4.79 Å². The van der Waals surface area contributed by atoms with E-state index in [2.05, 4.69) is 35.8 Å². The molecular formula is C19H30N4O. The fourth-order valence-corrected chi connectivity index (χ4v) is 4.24. The molecule has 0 aromatic rings. The van der Waals surface area contributed by atoms with Crippen molar-refractivity contribution in [2.45, 2.75) is 57.2 Å². The lowest BCUT2D eigenvalue weighted by Crippen LogP contribution is -2.66. The average molecular weight is 330 g/mol. The van der Waals surface area contributed by atoms with Gasteiger partial charge in [0.05, 0.1) is 0 Å². The smallest absolute Gasteiger partial charge is 0.246 e. The molecule has 1 heterocycles. The summed E-state index contributed by atoms with van der Waals surface area (Å²) >= 11 is 0. The van der Waals surface area contributed by atoms with Gasteiger partial charge in [-0.25, -0.2) is 6.57 Å². The SMILES string of the molecule is [C-]#[N+]C[C@H]1CN(C(C)(C)C)CCN1C(=O)/C=C/CNC12CC(C1)C2. The maximum Gasteiger partial charge on any atom is 0.246 e. The van der Waals surface area contributed by atoms with E-state index in [4.69, 9.17) is 6.57 Å². The van der Waals surface area contributed by atoms with Crippen LogP contribution in [0.25, 0.3) is 4.85 Å². The second kappa shape index (κ2) is 6.50. The number of nitrogens with one attached hydrogen (secondary N) is 1. The van der Waals surface area contributed by atoms with Crippen LogP contribution in [0.3, 0.4) is 0 Å². The molecule has 0 spiro atoms. The monoisotopic (exact) mass is 330 g/mol. The predicted octanol–water partition coefficient (Wildman–Crippen LogP) is 1.92. The van der Waals surface area contributed by atoms with Gasteiger partial charge >= 0.3 is 0 Å². The van der Waals surface area contributed by atoms with Gasteiger partial charge in [0.25, 0.3) is 0 Å². The highest BCUT2D eigenvalue weighted by Crippen LogP contribution is 2.56. The highest BCUT2D eigenvalue weighted by atomic mass is 16.2. The van der Waals surface area contributed by atoms with Gasteiger partial charge in [0.1, 0.15) is 6.04 Å². The lowest BCUT2D eigenvalue weighted by Gasteiger charge is -2.62. The van der Waals surface area contributed by atoms with Gasteiger partial charge in [-0.3, -0.25) is 9.69 Å². The molecule has 4 rings (SSSR count). The lowest BCUT2D eigenvalue weighted by molar-refractivity contribution is -0.131. The van der Waals surface area contributed by atoms with Gasteiger partial charge in [-0.15, -0.1) is 0 Å². The van der Waals surface area contributed by atoms with Gasteiger partial charge in [0.2, 0.25) is 12.5 Å². The molecule has 0 aromatic heterocycles. The Kier molecular flexibility index (Phi) is 4.72. The second-order valence-corrected chi connectivity index (χ2v) is 8.68. The van der Waals surface area contributed by atoms with Crippen molar-refractivity contribution in [1.82, 2.24) is 15.1 Å². The number of hydrogen-bond donors (Lipinski definition) is 1. The summed E-state index contributed by atoms with van der Waals surface area (Å²) in [7, 11) is 0. The van der Waals surface area contributed by atoms with E-state index in [1.165, 1.54) is 19.3 Å². The molecule has 1 atom stereocenters. The number of carbonyl (C=O) groups is 1. The maximum absolute atomic E-state index is 12.5. The number of carbonyl (C=O) groups excluding carboxylic acids is 1. The van der Waals surface area contributed by atoms with E-state index in [1.54, 1.807) is 6.08 Å². The molecule has 5 nitrogen and oxygen atoms in total. The molecular weight excluding hydrogens is 300 g/mol. The molecule has 3 saturated carbocycles. The molecule has 5 heteroatoms. The molecule has 1 saturated heterocycles. The van der Waals surface area contributed by atoms with E-state index in [-0.39, 0.29) is 17.5 Å². The van der Waals surface area contributed by atoms with Crippen LogP contribution < -0.4 is 5.32 Å². The van der Waals surface area contributed by atoms with Crippen molar-refractivity contribution in [3.8, 4) is 0 Å². The molecule has 1 amide bonds. The summed E-state index contributed by atoms with van der Waals surface area (Å²) in [4.78, 5) is 20.4. The summed E-state index contributed by atoms with van der Waals surface area (Å²) in [6, 6.07) is -0.00167. The van der Waals surface area contributed by atoms with Crippen LogP contribution in [0, 0.1) is 12.5 Å². The Morgan fingerprint density at radius 2 is 2.04 bits per heavy atom. The molecule has 3 aliphatic carbocycles. The average Bonchev–Trinajstić information content (AvgIpc) is 2.43. The fourth-order valence-electron chi connectivity index (χ4n) is 4.24. The fraction of sp³-hybridized carbons (Fsp3) is 0.789. The molecule has 2 bridgehead atoms. The third-order valence-electron chi connectivity index (χ3n) is 5.91. The first kappa shape index (κ1) is 17.4. The van der Waals surface area contributed by atoms with Crippen molar-refractivity contribution < 1.29 is 4.79 Å². The number of rotatable bonds is 5. The highest BCUT2D eigenvalue weighted by molar-refractivity contribution is 5.88. The van der Waals surface area contributed by atoms with Crippen LogP contribution in [0.4, 0.5) is 0 Å². The molecule has 4 aliphatic rings. The highest BCUT2D eigenvalue weighted by Gasteiger charge is 2.55. The Hall–Kier alpha value is -1.38. The van der Waals surface area contributed by atoms with Crippen LogP contribution in [0.5, 0.6) is 0 Å². The molecule has 1 N–H and O–H groups in total. The normalized spacial score (nSPS) is 33.0. The topological polar surface area (TPSA) is 39.9 Å². The zero-order valence-electron chi connectivity index (χ0n) is 15.2. The first-order chi connectivity index (χ1) is 11.3. The Morgan fingerprint density at radius 3 is 2.58 bits per heavy atom. The molecule has 24 heavy (non-hydrogen) atoms. The molecule has 0 radical (unpaired) electrons. The zero-order chi connectivity index (χ0) is 17.4. The van der Waals surface area contributed by atoms with Gasteiger partial charge < -0.3 is 15.1 Å². The van der Waals surface area contributed by atoms with Crippen molar-refractivity contribution in [2.24, 2.45) is 5.92 Å². The number of amides is 1. The molecule has 0 unspecified atom stereocenters. The standard InChI is InChI=1S/C19H30N4O/c1-18(2,3)22-8-9-23(16(14-22)13-20-4)17(24)6-5-7-21-19-10-15(11-19)12-19/h5-6,15-16,21H,7-14H2,1-3H3/b6-5+/t15?,16-,19?/m0/s1. The molecule has 4 fully saturated rings. The minimum absolute atomic E-state index is 0.00167. The Bertz CT molecular complexity index is 540. The quantitative estimate of drug-likeness (QED) is 0.618. The Morgan fingerprint density at radius 1 is 1.33 bits per heavy atom. The first-order valence-electron chi connectivity index (χ1n) is 9.13. The predicted molar refractivity (Wildman–Crippen MR) is 95.5 cm³/mol. The minimum Gasteiger partial charge on any atom is -0.326 e. The van der Waals surface area contributed by atoms with Crippen molar-refractivity contribution in [2.75, 3.05) is 32.7 Å². The molecule has 1 aliphatic heterocycles. The summed E-state index contributed by atoms with van der Waals surface area (Å²) in [6.45, 7) is 17.3. The minimum atomic E-state index is -0.00167. The van der Waals surface area contributed by atoms with E-state index in [0.29, 0.717) is 18.6 Å². The summed E-state index contributed by atoms with van der Waals surface area (Å²) in [5.41, 5.74) is 0.487. The van der Waals surface area contributed by atoms with E-state index in [9.17, 15) is 4.79 Å². The molecule has 0 aromatic carbocycles. The van der Waals surface area contributed by atoms with Crippen LogP contribution in [0.1, 0.15) is 40.0 Å². The van der Waals surface area contributed by atoms with Gasteiger partial charge in [-0.2, -0.15) is 0 Å². The van der Waals surface area contributed by atoms with Gasteiger partial charge in [0.15, 0.2) is 0 Å². The Balaban J connectivity index is 1.51. The Labute approximate surface area is 145 Å². The number of nitrogens with zero attached hydrogens (tertiary/aromatic N) is 3. The van der Waals surface area contributed by atoms with Crippen molar-refractivity contribution in [3.63, 3.8) is 0 Å². The van der Waals surface area contributed by atoms with E-state index in [0.717, 1.165) is 25.6 Å². The number of piperazine rings is 1.